The molecule has 1 N–H and O–H groups in total. The summed E-state index contributed by atoms with van der Waals surface area (Å²) in [5.74, 6) is 1.84. The molecule has 4 nitrogen and oxygen atoms in total. The van der Waals surface area contributed by atoms with E-state index in [1.54, 1.807) is 0 Å². The predicted octanol–water partition coefficient (Wildman–Crippen LogP) is 3.23. The molecule has 0 aromatic heterocycles. The monoisotopic (exact) mass is 332 g/mol. The minimum atomic E-state index is 0.221. The highest BCUT2D eigenvalue weighted by Crippen LogP contribution is 2.23. The molecule has 134 valence electrons. The highest BCUT2D eigenvalue weighted by Gasteiger charge is 2.22. The van der Waals surface area contributed by atoms with Crippen LogP contribution in [-0.4, -0.2) is 43.6 Å². The third-order valence-corrected chi connectivity index (χ3v) is 4.99. The maximum absolute atomic E-state index is 12.4. The van der Waals surface area contributed by atoms with Crippen LogP contribution in [0.15, 0.2) is 12.1 Å². The molecule has 0 spiro atoms. The van der Waals surface area contributed by atoms with Crippen molar-refractivity contribution in [2.45, 2.75) is 47.0 Å². The van der Waals surface area contributed by atoms with Crippen molar-refractivity contribution in [3.05, 3.63) is 28.8 Å². The first-order chi connectivity index (χ1) is 11.5. The molecule has 0 radical (unpaired) electrons. The minimum Gasteiger partial charge on any atom is -0.493 e. The van der Waals surface area contributed by atoms with E-state index in [-0.39, 0.29) is 5.91 Å². The third-order valence-electron chi connectivity index (χ3n) is 4.99. The Morgan fingerprint density at radius 3 is 2.62 bits per heavy atom. The van der Waals surface area contributed by atoms with Crippen molar-refractivity contribution in [1.29, 1.82) is 0 Å². The Labute approximate surface area is 146 Å². The van der Waals surface area contributed by atoms with E-state index in [9.17, 15) is 4.79 Å². The van der Waals surface area contributed by atoms with E-state index in [1.165, 1.54) is 11.1 Å². The van der Waals surface area contributed by atoms with Crippen LogP contribution in [-0.2, 0) is 4.79 Å². The van der Waals surface area contributed by atoms with Crippen molar-refractivity contribution >= 4 is 5.91 Å². The van der Waals surface area contributed by atoms with E-state index in [1.807, 2.05) is 4.90 Å². The Morgan fingerprint density at radius 1 is 1.25 bits per heavy atom. The number of ether oxygens (including phenoxy) is 1. The number of nitrogens with zero attached hydrogens (tertiary/aromatic N) is 1. The molecule has 4 heteroatoms. The van der Waals surface area contributed by atoms with Gasteiger partial charge in [-0.3, -0.25) is 4.79 Å². The molecule has 2 rings (SSSR count). The average molecular weight is 332 g/mol. The lowest BCUT2D eigenvalue weighted by Gasteiger charge is -2.32. The van der Waals surface area contributed by atoms with Gasteiger partial charge >= 0.3 is 0 Å². The number of rotatable bonds is 7. The van der Waals surface area contributed by atoms with Gasteiger partial charge in [-0.2, -0.15) is 0 Å². The number of hydrogen-bond donors (Lipinski definition) is 1. The molecule has 0 unspecified atom stereocenters. The van der Waals surface area contributed by atoms with E-state index >= 15 is 0 Å². The van der Waals surface area contributed by atoms with E-state index in [0.717, 1.165) is 50.3 Å². The van der Waals surface area contributed by atoms with Gasteiger partial charge in [0.2, 0.25) is 5.91 Å². The molecule has 1 heterocycles. The summed E-state index contributed by atoms with van der Waals surface area (Å²) < 4.78 is 5.88. The molecular weight excluding hydrogens is 300 g/mol. The van der Waals surface area contributed by atoms with Gasteiger partial charge < -0.3 is 15.0 Å². The maximum Gasteiger partial charge on any atom is 0.225 e. The fourth-order valence-electron chi connectivity index (χ4n) is 3.29. The number of amides is 1. The average Bonchev–Trinajstić information content (AvgIpc) is 2.57. The number of likely N-dealkylation sites (tertiary alicyclic amines) is 1. The van der Waals surface area contributed by atoms with Crippen LogP contribution in [0.4, 0.5) is 0 Å². The van der Waals surface area contributed by atoms with Crippen molar-refractivity contribution < 1.29 is 9.53 Å². The van der Waals surface area contributed by atoms with Crippen molar-refractivity contribution in [3.8, 4) is 5.75 Å². The number of aryl methyl sites for hydroxylation is 2. The Morgan fingerprint density at radius 2 is 1.96 bits per heavy atom. The van der Waals surface area contributed by atoms with Crippen molar-refractivity contribution in [3.63, 3.8) is 0 Å². The van der Waals surface area contributed by atoms with Crippen LogP contribution < -0.4 is 10.1 Å². The van der Waals surface area contributed by atoms with Gasteiger partial charge in [0.05, 0.1) is 13.0 Å². The van der Waals surface area contributed by atoms with E-state index in [0.29, 0.717) is 18.9 Å². The van der Waals surface area contributed by atoms with E-state index in [2.05, 4.69) is 45.1 Å². The summed E-state index contributed by atoms with van der Waals surface area (Å²) in [6.45, 7) is 12.7. The molecule has 1 aliphatic rings. The molecule has 1 amide bonds. The number of nitrogens with one attached hydrogen (secondary N) is 1. The Balaban J connectivity index is 1.74. The van der Waals surface area contributed by atoms with Crippen molar-refractivity contribution in [2.24, 2.45) is 5.92 Å². The van der Waals surface area contributed by atoms with Crippen molar-refractivity contribution in [1.82, 2.24) is 10.2 Å². The fourth-order valence-corrected chi connectivity index (χ4v) is 3.29. The molecule has 0 aliphatic carbocycles. The number of carbonyl (C=O) groups excluding carboxylic acids is 1. The van der Waals surface area contributed by atoms with Crippen LogP contribution >= 0.6 is 0 Å². The number of piperidine rings is 1. The van der Waals surface area contributed by atoms with Crippen LogP contribution in [0.5, 0.6) is 5.75 Å². The summed E-state index contributed by atoms with van der Waals surface area (Å²) in [5, 5.41) is 3.41. The van der Waals surface area contributed by atoms with Crippen LogP contribution in [0.2, 0.25) is 0 Å². The first-order valence-corrected chi connectivity index (χ1v) is 9.20. The highest BCUT2D eigenvalue weighted by atomic mass is 16.5. The van der Waals surface area contributed by atoms with E-state index < -0.39 is 0 Å². The first-order valence-electron chi connectivity index (χ1n) is 9.20. The Bertz CT molecular complexity index is 549. The Kier molecular flexibility index (Phi) is 7.10. The zero-order valence-electron chi connectivity index (χ0n) is 15.7. The molecule has 1 aromatic rings. The number of hydrogen-bond acceptors (Lipinski definition) is 3. The smallest absolute Gasteiger partial charge is 0.225 e. The quantitative estimate of drug-likeness (QED) is 0.833. The topological polar surface area (TPSA) is 41.6 Å². The molecular formula is C20H32N2O2. The van der Waals surface area contributed by atoms with Gasteiger partial charge in [0.15, 0.2) is 0 Å². The molecule has 0 bridgehead atoms. The molecule has 0 saturated carbocycles. The van der Waals surface area contributed by atoms with E-state index in [4.69, 9.17) is 4.74 Å². The molecule has 1 aromatic carbocycles. The third kappa shape index (κ3) is 5.23. The lowest BCUT2D eigenvalue weighted by atomic mass is 9.96. The summed E-state index contributed by atoms with van der Waals surface area (Å²) in [6.07, 6.45) is 2.68. The molecule has 0 atom stereocenters. The highest BCUT2D eigenvalue weighted by molar-refractivity contribution is 5.76. The predicted molar refractivity (Wildman–Crippen MR) is 98.6 cm³/mol. The summed E-state index contributed by atoms with van der Waals surface area (Å²) in [5.41, 5.74) is 3.60. The number of carbonyl (C=O) groups is 1. The molecule has 24 heavy (non-hydrogen) atoms. The largest absolute Gasteiger partial charge is 0.493 e. The van der Waals surface area contributed by atoms with Gasteiger partial charge in [-0.15, -0.1) is 0 Å². The second-order valence-corrected chi connectivity index (χ2v) is 6.94. The van der Waals surface area contributed by atoms with Crippen molar-refractivity contribution in [2.75, 3.05) is 32.8 Å². The van der Waals surface area contributed by atoms with Crippen LogP contribution in [0.1, 0.15) is 42.9 Å². The van der Waals surface area contributed by atoms with Gasteiger partial charge in [-0.05, 0) is 75.4 Å². The second kappa shape index (κ2) is 9.07. The first kappa shape index (κ1) is 18.8. The molecule has 1 saturated heterocycles. The van der Waals surface area contributed by atoms with Crippen LogP contribution in [0.3, 0.4) is 0 Å². The SMILES string of the molecule is CCNCC1CCN(C(=O)CCOc2cc(C)cc(C)c2C)CC1. The standard InChI is InChI=1S/C20H32N2O2/c1-5-21-14-18-6-9-22(10-7-18)20(23)8-11-24-19-13-15(2)12-16(3)17(19)4/h12-13,18,21H,5-11,14H2,1-4H3. The van der Waals surface area contributed by atoms with Gasteiger partial charge in [0, 0.05) is 13.1 Å². The summed E-state index contributed by atoms with van der Waals surface area (Å²) in [6, 6.07) is 4.21. The fraction of sp³-hybridized carbons (Fsp3) is 0.650. The van der Waals surface area contributed by atoms with Gasteiger partial charge in [0.1, 0.15) is 5.75 Å². The van der Waals surface area contributed by atoms with Crippen LogP contribution in [0.25, 0.3) is 0 Å². The Hall–Kier alpha value is -1.55. The van der Waals surface area contributed by atoms with Gasteiger partial charge in [0.25, 0.3) is 0 Å². The summed E-state index contributed by atoms with van der Waals surface area (Å²) >= 11 is 0. The zero-order chi connectivity index (χ0) is 17.5. The minimum absolute atomic E-state index is 0.221. The summed E-state index contributed by atoms with van der Waals surface area (Å²) in [4.78, 5) is 14.4. The maximum atomic E-state index is 12.4. The molecule has 1 aliphatic heterocycles. The van der Waals surface area contributed by atoms with Gasteiger partial charge in [-0.1, -0.05) is 13.0 Å². The van der Waals surface area contributed by atoms with Crippen LogP contribution in [0, 0.1) is 26.7 Å². The van der Waals surface area contributed by atoms with Gasteiger partial charge in [-0.25, -0.2) is 0 Å². The summed E-state index contributed by atoms with van der Waals surface area (Å²) in [7, 11) is 0. The molecule has 1 fully saturated rings. The lowest BCUT2D eigenvalue weighted by molar-refractivity contribution is -0.133. The lowest BCUT2D eigenvalue weighted by Crippen LogP contribution is -2.41. The number of benzene rings is 1. The second-order valence-electron chi connectivity index (χ2n) is 6.94. The zero-order valence-corrected chi connectivity index (χ0v) is 15.7. The normalized spacial score (nSPS) is 15.6.